The number of aliphatic hydroxyl groups is 1. The molecular weight excluding hydrogens is 352 g/mol. The largest absolute Gasteiger partial charge is 0.496 e. The molecule has 2 aromatic rings. The van der Waals surface area contributed by atoms with Crippen molar-refractivity contribution in [3.8, 4) is 5.75 Å². The van der Waals surface area contributed by atoms with E-state index in [1.807, 2.05) is 4.90 Å². The molecule has 2 aliphatic rings. The average Bonchev–Trinajstić information content (AvgIpc) is 2.73. The van der Waals surface area contributed by atoms with Crippen LogP contribution in [-0.4, -0.2) is 60.7 Å². The van der Waals surface area contributed by atoms with Gasteiger partial charge in [0.25, 0.3) is 0 Å². The summed E-state index contributed by atoms with van der Waals surface area (Å²) >= 11 is 0. The van der Waals surface area contributed by atoms with E-state index in [2.05, 4.69) is 41.3 Å². The van der Waals surface area contributed by atoms with Crippen LogP contribution in [0.4, 0.5) is 0 Å². The number of methoxy groups -OCH3 is 1. The topological polar surface area (TPSA) is 53.0 Å². The number of carbonyl (C=O) groups is 1. The maximum Gasteiger partial charge on any atom is 0.222 e. The molecule has 2 saturated heterocycles. The molecule has 5 nitrogen and oxygen atoms in total. The molecule has 4 rings (SSSR count). The van der Waals surface area contributed by atoms with Crippen molar-refractivity contribution >= 4 is 16.7 Å². The van der Waals surface area contributed by atoms with E-state index in [1.54, 1.807) is 7.11 Å². The molecule has 1 amide bonds. The first kappa shape index (κ1) is 19.2. The number of aliphatic hydroxyl groups excluding tert-OH is 1. The van der Waals surface area contributed by atoms with Gasteiger partial charge in [-0.15, -0.1) is 0 Å². The lowest BCUT2D eigenvalue weighted by Crippen LogP contribution is -2.51. The molecule has 2 aromatic carbocycles. The predicted molar refractivity (Wildman–Crippen MR) is 110 cm³/mol. The van der Waals surface area contributed by atoms with Gasteiger partial charge in [-0.1, -0.05) is 30.3 Å². The van der Waals surface area contributed by atoms with Crippen LogP contribution in [0.2, 0.25) is 0 Å². The Morgan fingerprint density at radius 2 is 1.82 bits per heavy atom. The van der Waals surface area contributed by atoms with Gasteiger partial charge in [0.15, 0.2) is 0 Å². The summed E-state index contributed by atoms with van der Waals surface area (Å²) in [5.41, 5.74) is 1.58. The summed E-state index contributed by atoms with van der Waals surface area (Å²) in [6, 6.07) is 12.7. The van der Waals surface area contributed by atoms with Gasteiger partial charge in [-0.05, 0) is 54.8 Å². The Bertz CT molecular complexity index is 843. The third-order valence-electron chi connectivity index (χ3n) is 6.62. The number of nitrogens with zero attached hydrogens (tertiary/aromatic N) is 2. The molecule has 2 fully saturated rings. The fraction of sp³-hybridized carbons (Fsp3) is 0.522. The minimum Gasteiger partial charge on any atom is -0.496 e. The Hall–Kier alpha value is -2.11. The SMILES string of the molecule is COc1ccc(CN2CCC3(CCC(=O)N(CCO)C3)CC2)c2ccccc12. The minimum atomic E-state index is 0.0541. The molecule has 2 aliphatic heterocycles. The Labute approximate surface area is 166 Å². The number of hydrogen-bond donors (Lipinski definition) is 1. The summed E-state index contributed by atoms with van der Waals surface area (Å²) in [6.07, 6.45) is 3.86. The molecular formula is C23H30N2O3. The third kappa shape index (κ3) is 3.74. The van der Waals surface area contributed by atoms with Crippen molar-refractivity contribution in [2.75, 3.05) is 39.9 Å². The molecule has 0 saturated carbocycles. The van der Waals surface area contributed by atoms with E-state index >= 15 is 0 Å². The number of hydrogen-bond acceptors (Lipinski definition) is 4. The fourth-order valence-electron chi connectivity index (χ4n) is 4.91. The molecule has 0 aliphatic carbocycles. The Balaban J connectivity index is 1.44. The number of carbonyl (C=O) groups excluding carboxylic acids is 1. The Morgan fingerprint density at radius 3 is 2.54 bits per heavy atom. The normalized spacial score (nSPS) is 20.1. The van der Waals surface area contributed by atoms with E-state index in [-0.39, 0.29) is 17.9 Å². The zero-order chi connectivity index (χ0) is 19.6. The number of ether oxygens (including phenoxy) is 1. The van der Waals surface area contributed by atoms with Crippen molar-refractivity contribution < 1.29 is 14.6 Å². The molecule has 1 N–H and O–H groups in total. The fourth-order valence-corrected chi connectivity index (χ4v) is 4.91. The first-order valence-electron chi connectivity index (χ1n) is 10.3. The first-order valence-corrected chi connectivity index (χ1v) is 10.3. The summed E-state index contributed by atoms with van der Waals surface area (Å²) in [6.45, 7) is 4.40. The van der Waals surface area contributed by atoms with Gasteiger partial charge in [0.05, 0.1) is 13.7 Å². The van der Waals surface area contributed by atoms with Gasteiger partial charge in [0.2, 0.25) is 5.91 Å². The van der Waals surface area contributed by atoms with E-state index in [9.17, 15) is 9.90 Å². The minimum absolute atomic E-state index is 0.0541. The molecule has 2 heterocycles. The highest BCUT2D eigenvalue weighted by atomic mass is 16.5. The summed E-state index contributed by atoms with van der Waals surface area (Å²) < 4.78 is 5.52. The predicted octanol–water partition coefficient (Wildman–Crippen LogP) is 3.05. The number of rotatable bonds is 5. The zero-order valence-corrected chi connectivity index (χ0v) is 16.7. The lowest BCUT2D eigenvalue weighted by atomic mass is 9.72. The van der Waals surface area contributed by atoms with Crippen LogP contribution in [0, 0.1) is 5.41 Å². The smallest absolute Gasteiger partial charge is 0.222 e. The van der Waals surface area contributed by atoms with Crippen LogP contribution in [-0.2, 0) is 11.3 Å². The van der Waals surface area contributed by atoms with E-state index < -0.39 is 0 Å². The number of piperidine rings is 2. The van der Waals surface area contributed by atoms with Crippen LogP contribution in [0.3, 0.4) is 0 Å². The van der Waals surface area contributed by atoms with Crippen LogP contribution in [0.1, 0.15) is 31.2 Å². The summed E-state index contributed by atoms with van der Waals surface area (Å²) in [5, 5.41) is 11.7. The number of benzene rings is 2. The summed E-state index contributed by atoms with van der Waals surface area (Å²) in [4.78, 5) is 16.5. The molecule has 28 heavy (non-hydrogen) atoms. The lowest BCUT2D eigenvalue weighted by molar-refractivity contribution is -0.139. The van der Waals surface area contributed by atoms with Crippen molar-refractivity contribution in [2.24, 2.45) is 5.41 Å². The van der Waals surface area contributed by atoms with Crippen molar-refractivity contribution in [3.05, 3.63) is 42.0 Å². The van der Waals surface area contributed by atoms with Gasteiger partial charge in [0.1, 0.15) is 5.75 Å². The van der Waals surface area contributed by atoms with Crippen molar-refractivity contribution in [1.29, 1.82) is 0 Å². The molecule has 5 heteroatoms. The highest BCUT2D eigenvalue weighted by molar-refractivity contribution is 5.91. The van der Waals surface area contributed by atoms with Crippen LogP contribution in [0.15, 0.2) is 36.4 Å². The van der Waals surface area contributed by atoms with Gasteiger partial charge in [-0.3, -0.25) is 9.69 Å². The van der Waals surface area contributed by atoms with E-state index in [4.69, 9.17) is 4.74 Å². The maximum atomic E-state index is 12.1. The Kier molecular flexibility index (Phi) is 5.56. The van der Waals surface area contributed by atoms with E-state index in [1.165, 1.54) is 16.3 Å². The second kappa shape index (κ2) is 8.10. The molecule has 1 spiro atoms. The van der Waals surface area contributed by atoms with Crippen LogP contribution >= 0.6 is 0 Å². The highest BCUT2D eigenvalue weighted by Crippen LogP contribution is 2.40. The third-order valence-corrected chi connectivity index (χ3v) is 6.62. The van der Waals surface area contributed by atoms with Crippen LogP contribution < -0.4 is 4.74 Å². The van der Waals surface area contributed by atoms with Crippen molar-refractivity contribution in [2.45, 2.75) is 32.2 Å². The maximum absolute atomic E-state index is 12.1. The molecule has 0 aromatic heterocycles. The van der Waals surface area contributed by atoms with Crippen LogP contribution in [0.25, 0.3) is 10.8 Å². The van der Waals surface area contributed by atoms with Crippen molar-refractivity contribution in [1.82, 2.24) is 9.80 Å². The highest BCUT2D eigenvalue weighted by Gasteiger charge is 2.40. The molecule has 0 atom stereocenters. The van der Waals surface area contributed by atoms with Gasteiger partial charge >= 0.3 is 0 Å². The quantitative estimate of drug-likeness (QED) is 0.864. The molecule has 0 radical (unpaired) electrons. The van der Waals surface area contributed by atoms with Gasteiger partial charge < -0.3 is 14.7 Å². The van der Waals surface area contributed by atoms with Gasteiger partial charge in [-0.25, -0.2) is 0 Å². The van der Waals surface area contributed by atoms with Crippen LogP contribution in [0.5, 0.6) is 5.75 Å². The summed E-state index contributed by atoms with van der Waals surface area (Å²) in [7, 11) is 1.72. The van der Waals surface area contributed by atoms with E-state index in [0.29, 0.717) is 13.0 Å². The van der Waals surface area contributed by atoms with Gasteiger partial charge in [-0.2, -0.15) is 0 Å². The number of fused-ring (bicyclic) bond motifs is 1. The summed E-state index contributed by atoms with van der Waals surface area (Å²) in [5.74, 6) is 1.12. The number of β-amino-alcohol motifs (C(OH)–C–C–N with tert-alkyl or cyclic N) is 1. The van der Waals surface area contributed by atoms with Crippen molar-refractivity contribution in [3.63, 3.8) is 0 Å². The van der Waals surface area contributed by atoms with Gasteiger partial charge in [0, 0.05) is 31.4 Å². The Morgan fingerprint density at radius 1 is 1.07 bits per heavy atom. The number of likely N-dealkylation sites (tertiary alicyclic amines) is 2. The lowest BCUT2D eigenvalue weighted by Gasteiger charge is -2.47. The zero-order valence-electron chi connectivity index (χ0n) is 16.7. The molecule has 150 valence electrons. The second-order valence-electron chi connectivity index (χ2n) is 8.29. The average molecular weight is 383 g/mol. The molecule has 0 unspecified atom stereocenters. The number of amides is 1. The van der Waals surface area contributed by atoms with E-state index in [0.717, 1.165) is 51.2 Å². The monoisotopic (exact) mass is 382 g/mol. The molecule has 0 bridgehead atoms. The standard InChI is InChI=1S/C23H30N2O3/c1-28-21-7-6-18(19-4-2-3-5-20(19)21)16-24-12-10-23(11-13-24)9-8-22(27)25(17-23)14-15-26/h2-7,26H,8-17H2,1H3. The second-order valence-corrected chi connectivity index (χ2v) is 8.29. The first-order chi connectivity index (χ1) is 13.6.